The van der Waals surface area contributed by atoms with Crippen LogP contribution in [0.5, 0.6) is 0 Å². The summed E-state index contributed by atoms with van der Waals surface area (Å²) in [4.78, 5) is 4.05. The van der Waals surface area contributed by atoms with Crippen LogP contribution in [0.2, 0.25) is 0 Å². The third-order valence-electron chi connectivity index (χ3n) is 2.63. The van der Waals surface area contributed by atoms with Crippen molar-refractivity contribution in [3.8, 4) is 5.69 Å². The molecule has 0 spiro atoms. The maximum atomic E-state index is 13.4. The fourth-order valence-corrected chi connectivity index (χ4v) is 1.70. The molecule has 16 heavy (non-hydrogen) atoms. The van der Waals surface area contributed by atoms with Gasteiger partial charge in [-0.2, -0.15) is 0 Å². The van der Waals surface area contributed by atoms with Crippen molar-refractivity contribution in [1.82, 2.24) is 9.55 Å². The van der Waals surface area contributed by atoms with Gasteiger partial charge in [-0.25, -0.2) is 9.37 Å². The lowest BCUT2D eigenvalue weighted by Crippen LogP contribution is -2.11. The van der Waals surface area contributed by atoms with E-state index in [1.807, 2.05) is 17.6 Å². The van der Waals surface area contributed by atoms with Crippen LogP contribution in [0.15, 0.2) is 30.7 Å². The fourth-order valence-electron chi connectivity index (χ4n) is 1.70. The Labute approximate surface area is 93.7 Å². The Bertz CT molecular complexity index is 503. The average Bonchev–Trinajstić information content (AvgIpc) is 2.70. The number of hydrogen-bond donors (Lipinski definition) is 1. The number of imidazole rings is 1. The summed E-state index contributed by atoms with van der Waals surface area (Å²) < 4.78 is 15.3. The maximum absolute atomic E-state index is 13.4. The van der Waals surface area contributed by atoms with Crippen molar-refractivity contribution in [2.24, 2.45) is 5.73 Å². The molecule has 0 saturated carbocycles. The minimum absolute atomic E-state index is 0.134. The molecule has 3 nitrogen and oxygen atoms in total. The van der Waals surface area contributed by atoms with Gasteiger partial charge in [0.05, 0.1) is 23.9 Å². The van der Waals surface area contributed by atoms with E-state index in [9.17, 15) is 4.39 Å². The van der Waals surface area contributed by atoms with Gasteiger partial charge in [0.15, 0.2) is 0 Å². The summed E-state index contributed by atoms with van der Waals surface area (Å²) >= 11 is 0. The molecule has 1 aromatic heterocycles. The van der Waals surface area contributed by atoms with Crippen LogP contribution in [0.4, 0.5) is 4.39 Å². The summed E-state index contributed by atoms with van der Waals surface area (Å²) in [5, 5.41) is 0. The molecule has 2 aromatic rings. The average molecular weight is 219 g/mol. The zero-order valence-electron chi connectivity index (χ0n) is 9.31. The quantitative estimate of drug-likeness (QED) is 0.842. The topological polar surface area (TPSA) is 43.8 Å². The molecular formula is C12H14FN3. The van der Waals surface area contributed by atoms with Gasteiger partial charge < -0.3 is 10.3 Å². The first-order valence-electron chi connectivity index (χ1n) is 5.14. The molecule has 0 fully saturated rings. The van der Waals surface area contributed by atoms with Crippen LogP contribution >= 0.6 is 0 Å². The smallest absolute Gasteiger partial charge is 0.128 e. The summed E-state index contributed by atoms with van der Waals surface area (Å²) in [6, 6.07) is 4.85. The Morgan fingerprint density at radius 1 is 1.44 bits per heavy atom. The number of rotatable bonds is 2. The molecule has 1 aromatic carbocycles. The molecule has 2 N–H and O–H groups in total. The molecule has 84 valence electrons. The van der Waals surface area contributed by atoms with Gasteiger partial charge in [-0.1, -0.05) is 6.07 Å². The minimum Gasteiger partial charge on any atom is -0.323 e. The van der Waals surface area contributed by atoms with Crippen molar-refractivity contribution in [3.63, 3.8) is 0 Å². The first-order chi connectivity index (χ1) is 7.61. The van der Waals surface area contributed by atoms with Crippen molar-refractivity contribution in [3.05, 3.63) is 47.8 Å². The highest BCUT2D eigenvalue weighted by atomic mass is 19.1. The lowest BCUT2D eigenvalue weighted by Gasteiger charge is -2.13. The Morgan fingerprint density at radius 2 is 2.19 bits per heavy atom. The summed E-state index contributed by atoms with van der Waals surface area (Å²) in [5.74, 6) is -0.221. The van der Waals surface area contributed by atoms with Gasteiger partial charge in [0.2, 0.25) is 0 Å². The van der Waals surface area contributed by atoms with Crippen LogP contribution in [0.1, 0.15) is 24.2 Å². The van der Waals surface area contributed by atoms with Crippen molar-refractivity contribution in [2.45, 2.75) is 19.9 Å². The summed E-state index contributed by atoms with van der Waals surface area (Å²) in [5.41, 5.74) is 8.08. The molecule has 0 aliphatic rings. The van der Waals surface area contributed by atoms with E-state index >= 15 is 0 Å². The zero-order chi connectivity index (χ0) is 11.7. The van der Waals surface area contributed by atoms with Crippen LogP contribution in [0, 0.1) is 12.7 Å². The minimum atomic E-state index is -0.221. The van der Waals surface area contributed by atoms with E-state index in [0.29, 0.717) is 5.56 Å². The number of hydrogen-bond acceptors (Lipinski definition) is 2. The monoisotopic (exact) mass is 219 g/mol. The molecule has 4 heteroatoms. The number of nitrogens with two attached hydrogens (primary N) is 1. The van der Waals surface area contributed by atoms with Gasteiger partial charge >= 0.3 is 0 Å². The summed E-state index contributed by atoms with van der Waals surface area (Å²) in [7, 11) is 0. The van der Waals surface area contributed by atoms with Crippen LogP contribution in [0.25, 0.3) is 5.69 Å². The van der Waals surface area contributed by atoms with Crippen LogP contribution in [0.3, 0.4) is 0 Å². The lowest BCUT2D eigenvalue weighted by molar-refractivity contribution is 0.615. The van der Waals surface area contributed by atoms with E-state index in [4.69, 9.17) is 5.73 Å². The second-order valence-electron chi connectivity index (χ2n) is 3.86. The summed E-state index contributed by atoms with van der Waals surface area (Å²) in [6.07, 6.45) is 3.36. The molecular weight excluding hydrogens is 205 g/mol. The number of aromatic nitrogens is 2. The fraction of sp³-hybridized carbons (Fsp3) is 0.250. The zero-order valence-corrected chi connectivity index (χ0v) is 9.31. The van der Waals surface area contributed by atoms with Crippen molar-refractivity contribution in [2.75, 3.05) is 0 Å². The SMILES string of the molecule is Cc1c(F)cccc1-n1cncc1C(C)N. The molecule has 2 rings (SSSR count). The van der Waals surface area contributed by atoms with Gasteiger partial charge in [-0.05, 0) is 26.0 Å². The molecule has 0 amide bonds. The Balaban J connectivity index is 2.59. The van der Waals surface area contributed by atoms with Crippen molar-refractivity contribution >= 4 is 0 Å². The van der Waals surface area contributed by atoms with E-state index in [1.165, 1.54) is 6.07 Å². The van der Waals surface area contributed by atoms with E-state index < -0.39 is 0 Å². The van der Waals surface area contributed by atoms with Crippen LogP contribution < -0.4 is 5.73 Å². The highest BCUT2D eigenvalue weighted by Crippen LogP contribution is 2.20. The number of halogens is 1. The second-order valence-corrected chi connectivity index (χ2v) is 3.86. The Kier molecular flexibility index (Phi) is 2.75. The molecule has 1 heterocycles. The summed E-state index contributed by atoms with van der Waals surface area (Å²) in [6.45, 7) is 3.62. The molecule has 1 unspecified atom stereocenters. The Hall–Kier alpha value is -1.68. The highest BCUT2D eigenvalue weighted by molar-refractivity contribution is 5.42. The highest BCUT2D eigenvalue weighted by Gasteiger charge is 2.11. The van der Waals surface area contributed by atoms with Gasteiger partial charge in [0.25, 0.3) is 0 Å². The van der Waals surface area contributed by atoms with Gasteiger partial charge in [-0.3, -0.25) is 0 Å². The van der Waals surface area contributed by atoms with Crippen molar-refractivity contribution < 1.29 is 4.39 Å². The third kappa shape index (κ3) is 1.72. The first kappa shape index (κ1) is 10.8. The second kappa shape index (κ2) is 4.06. The largest absolute Gasteiger partial charge is 0.323 e. The molecule has 0 bridgehead atoms. The van der Waals surface area contributed by atoms with Crippen LogP contribution in [-0.4, -0.2) is 9.55 Å². The predicted molar refractivity (Wildman–Crippen MR) is 60.9 cm³/mol. The van der Waals surface area contributed by atoms with Gasteiger partial charge in [0, 0.05) is 11.6 Å². The third-order valence-corrected chi connectivity index (χ3v) is 2.63. The van der Waals surface area contributed by atoms with Crippen molar-refractivity contribution in [1.29, 1.82) is 0 Å². The van der Waals surface area contributed by atoms with Gasteiger partial charge in [-0.15, -0.1) is 0 Å². The van der Waals surface area contributed by atoms with E-state index in [1.54, 1.807) is 25.5 Å². The first-order valence-corrected chi connectivity index (χ1v) is 5.14. The number of benzene rings is 1. The standard InChI is InChI=1S/C12H14FN3/c1-8-10(13)4-3-5-11(8)16-7-15-6-12(16)9(2)14/h3-7,9H,14H2,1-2H3. The normalized spacial score (nSPS) is 12.8. The Morgan fingerprint density at radius 3 is 2.88 bits per heavy atom. The molecule has 0 aliphatic heterocycles. The molecule has 0 aliphatic carbocycles. The molecule has 0 saturated heterocycles. The predicted octanol–water partition coefficient (Wildman–Crippen LogP) is 2.34. The maximum Gasteiger partial charge on any atom is 0.128 e. The van der Waals surface area contributed by atoms with E-state index in [2.05, 4.69) is 4.98 Å². The van der Waals surface area contributed by atoms with E-state index in [0.717, 1.165) is 11.4 Å². The molecule has 1 atom stereocenters. The molecule has 0 radical (unpaired) electrons. The number of nitrogens with zero attached hydrogens (tertiary/aromatic N) is 2. The lowest BCUT2D eigenvalue weighted by atomic mass is 10.1. The van der Waals surface area contributed by atoms with Gasteiger partial charge in [0.1, 0.15) is 5.82 Å². The van der Waals surface area contributed by atoms with E-state index in [-0.39, 0.29) is 11.9 Å². The van der Waals surface area contributed by atoms with Crippen LogP contribution in [-0.2, 0) is 0 Å².